The first-order valence-corrected chi connectivity index (χ1v) is 7.03. The SMILES string of the molecule is C=CCC(C#N)(C#N)C1=CC(C)(C)CC(=O)C1(C)CC=C. The zero-order chi connectivity index (χ0) is 16.3. The first-order valence-electron chi connectivity index (χ1n) is 7.03. The van der Waals surface area contributed by atoms with Crippen molar-refractivity contribution in [3.63, 3.8) is 0 Å². The molecule has 0 fully saturated rings. The van der Waals surface area contributed by atoms with Gasteiger partial charge in [-0.3, -0.25) is 4.79 Å². The van der Waals surface area contributed by atoms with Crippen LogP contribution < -0.4 is 0 Å². The molecule has 1 rings (SSSR count). The van der Waals surface area contributed by atoms with Gasteiger partial charge in [0.1, 0.15) is 5.78 Å². The molecule has 1 unspecified atom stereocenters. The molecule has 0 radical (unpaired) electrons. The monoisotopic (exact) mass is 282 g/mol. The Kier molecular flexibility index (Phi) is 4.59. The van der Waals surface area contributed by atoms with Crippen molar-refractivity contribution >= 4 is 5.78 Å². The van der Waals surface area contributed by atoms with E-state index in [9.17, 15) is 15.3 Å². The van der Waals surface area contributed by atoms with E-state index >= 15 is 0 Å². The van der Waals surface area contributed by atoms with Crippen molar-refractivity contribution in [1.82, 2.24) is 0 Å². The number of carbonyl (C=O) groups is 1. The Morgan fingerprint density at radius 3 is 2.29 bits per heavy atom. The Labute approximate surface area is 127 Å². The van der Waals surface area contributed by atoms with Crippen LogP contribution in [0.1, 0.15) is 40.0 Å². The van der Waals surface area contributed by atoms with Crippen molar-refractivity contribution < 1.29 is 4.79 Å². The molecule has 0 aromatic heterocycles. The van der Waals surface area contributed by atoms with Crippen molar-refractivity contribution in [1.29, 1.82) is 10.5 Å². The van der Waals surface area contributed by atoms with Gasteiger partial charge < -0.3 is 0 Å². The summed E-state index contributed by atoms with van der Waals surface area (Å²) in [5.41, 5.74) is -1.94. The Balaban J connectivity index is 3.65. The Morgan fingerprint density at radius 1 is 1.29 bits per heavy atom. The zero-order valence-electron chi connectivity index (χ0n) is 13.1. The highest BCUT2D eigenvalue weighted by Gasteiger charge is 2.51. The van der Waals surface area contributed by atoms with Crippen LogP contribution in [0, 0.1) is 38.9 Å². The summed E-state index contributed by atoms with van der Waals surface area (Å²) in [6.07, 6.45) is 6.22. The number of nitrogens with zero attached hydrogens (tertiary/aromatic N) is 2. The van der Waals surface area contributed by atoms with E-state index in [0.29, 0.717) is 18.4 Å². The van der Waals surface area contributed by atoms with E-state index < -0.39 is 10.8 Å². The quantitative estimate of drug-likeness (QED) is 0.713. The van der Waals surface area contributed by atoms with Gasteiger partial charge in [0.25, 0.3) is 0 Å². The molecule has 0 spiro atoms. The molecule has 0 bridgehead atoms. The lowest BCUT2D eigenvalue weighted by molar-refractivity contribution is -0.128. The van der Waals surface area contributed by atoms with E-state index in [0.717, 1.165) is 0 Å². The molecule has 1 atom stereocenters. The molecule has 3 heteroatoms. The van der Waals surface area contributed by atoms with Crippen LogP contribution in [0.25, 0.3) is 0 Å². The molecule has 0 aromatic carbocycles. The first kappa shape index (κ1) is 16.9. The van der Waals surface area contributed by atoms with Gasteiger partial charge in [0.15, 0.2) is 5.41 Å². The second kappa shape index (κ2) is 5.70. The van der Waals surface area contributed by atoms with Crippen LogP contribution in [0.4, 0.5) is 0 Å². The normalized spacial score (nSPS) is 24.4. The molecular weight excluding hydrogens is 260 g/mol. The predicted octanol–water partition coefficient (Wildman–Crippen LogP) is 4.10. The van der Waals surface area contributed by atoms with Crippen LogP contribution in [0.15, 0.2) is 37.0 Å². The van der Waals surface area contributed by atoms with Gasteiger partial charge in [-0.25, -0.2) is 0 Å². The minimum atomic E-state index is -1.34. The highest BCUT2D eigenvalue weighted by molar-refractivity contribution is 5.90. The summed E-state index contributed by atoms with van der Waals surface area (Å²) in [5, 5.41) is 19.2. The lowest BCUT2D eigenvalue weighted by atomic mass is 9.57. The van der Waals surface area contributed by atoms with Gasteiger partial charge >= 0.3 is 0 Å². The molecule has 0 N–H and O–H groups in total. The van der Waals surface area contributed by atoms with Crippen LogP contribution in [0.3, 0.4) is 0 Å². The minimum absolute atomic E-state index is 0.0591. The molecule has 3 nitrogen and oxygen atoms in total. The van der Waals surface area contributed by atoms with Crippen molar-refractivity contribution in [2.75, 3.05) is 0 Å². The van der Waals surface area contributed by atoms with Crippen molar-refractivity contribution in [3.05, 3.63) is 37.0 Å². The molecule has 1 aliphatic rings. The van der Waals surface area contributed by atoms with Gasteiger partial charge in [-0.15, -0.1) is 13.2 Å². The summed E-state index contributed by atoms with van der Waals surface area (Å²) in [7, 11) is 0. The molecule has 0 aromatic rings. The third kappa shape index (κ3) is 2.83. The fourth-order valence-corrected chi connectivity index (χ4v) is 3.03. The third-order valence-electron chi connectivity index (χ3n) is 4.21. The van der Waals surface area contributed by atoms with Gasteiger partial charge in [-0.05, 0) is 24.3 Å². The molecule has 0 heterocycles. The van der Waals surface area contributed by atoms with Gasteiger partial charge in [0.05, 0.1) is 17.6 Å². The number of ketones is 1. The second-order valence-electron chi connectivity index (χ2n) is 6.59. The number of rotatable bonds is 5. The average Bonchev–Trinajstić information content (AvgIpc) is 2.41. The van der Waals surface area contributed by atoms with Crippen LogP contribution in [-0.4, -0.2) is 5.78 Å². The summed E-state index contributed by atoms with van der Waals surface area (Å²) in [5.74, 6) is 0.0591. The van der Waals surface area contributed by atoms with Crippen LogP contribution in [0.2, 0.25) is 0 Å². The van der Waals surface area contributed by atoms with E-state index in [4.69, 9.17) is 0 Å². The van der Waals surface area contributed by atoms with Crippen LogP contribution in [-0.2, 0) is 4.79 Å². The number of hydrogen-bond donors (Lipinski definition) is 0. The molecule has 1 aliphatic carbocycles. The standard InChI is InChI=1S/C18H22N2O/c1-6-8-17(5)14(10-16(3,4)11-15(17)21)18(12-19,13-20)9-7-2/h6-7,10H,1-2,8-9,11H2,3-5H3. The van der Waals surface area contributed by atoms with Gasteiger partial charge in [-0.2, -0.15) is 10.5 Å². The van der Waals surface area contributed by atoms with E-state index in [2.05, 4.69) is 25.3 Å². The highest BCUT2D eigenvalue weighted by Crippen LogP contribution is 2.51. The number of Topliss-reactive ketones (excluding diaryl/α,β-unsaturated/α-hetero) is 1. The lowest BCUT2D eigenvalue weighted by Gasteiger charge is -2.43. The van der Waals surface area contributed by atoms with Crippen LogP contribution >= 0.6 is 0 Å². The summed E-state index contributed by atoms with van der Waals surface area (Å²) >= 11 is 0. The molecule has 0 saturated heterocycles. The smallest absolute Gasteiger partial charge is 0.169 e. The third-order valence-corrected chi connectivity index (χ3v) is 4.21. The van der Waals surface area contributed by atoms with Gasteiger partial charge in [0.2, 0.25) is 0 Å². The first-order chi connectivity index (χ1) is 9.71. The lowest BCUT2D eigenvalue weighted by Crippen LogP contribution is -2.43. The molecular formula is C18H22N2O. The number of hydrogen-bond acceptors (Lipinski definition) is 3. The Morgan fingerprint density at radius 2 is 1.86 bits per heavy atom. The molecule has 0 saturated carbocycles. The Bertz CT molecular complexity index is 569. The predicted molar refractivity (Wildman–Crippen MR) is 82.9 cm³/mol. The van der Waals surface area contributed by atoms with Gasteiger partial charge in [-0.1, -0.05) is 32.1 Å². The summed E-state index contributed by atoms with van der Waals surface area (Å²) in [6, 6.07) is 4.24. The number of carbonyl (C=O) groups excluding carboxylic acids is 1. The average molecular weight is 282 g/mol. The fourth-order valence-electron chi connectivity index (χ4n) is 3.03. The highest BCUT2D eigenvalue weighted by atomic mass is 16.1. The minimum Gasteiger partial charge on any atom is -0.299 e. The molecule has 110 valence electrons. The van der Waals surface area contributed by atoms with Crippen LogP contribution in [0.5, 0.6) is 0 Å². The second-order valence-corrected chi connectivity index (χ2v) is 6.59. The largest absolute Gasteiger partial charge is 0.299 e. The molecule has 0 aliphatic heterocycles. The summed E-state index contributed by atoms with van der Waals surface area (Å²) in [4.78, 5) is 12.7. The molecule has 21 heavy (non-hydrogen) atoms. The van der Waals surface area contributed by atoms with Gasteiger partial charge in [0, 0.05) is 12.8 Å². The molecule has 0 amide bonds. The van der Waals surface area contributed by atoms with Crippen molar-refractivity contribution in [2.24, 2.45) is 16.2 Å². The maximum atomic E-state index is 12.7. The fraction of sp³-hybridized carbons (Fsp3) is 0.500. The maximum Gasteiger partial charge on any atom is 0.169 e. The van der Waals surface area contributed by atoms with E-state index in [-0.39, 0.29) is 17.6 Å². The number of nitriles is 2. The van der Waals surface area contributed by atoms with E-state index in [1.54, 1.807) is 12.2 Å². The Hall–Kier alpha value is -2.13. The van der Waals surface area contributed by atoms with Crippen molar-refractivity contribution in [3.8, 4) is 12.1 Å². The summed E-state index contributed by atoms with van der Waals surface area (Å²) < 4.78 is 0. The number of allylic oxidation sites excluding steroid dienone is 4. The van der Waals surface area contributed by atoms with E-state index in [1.165, 1.54) is 0 Å². The van der Waals surface area contributed by atoms with E-state index in [1.807, 2.05) is 26.8 Å². The maximum absolute atomic E-state index is 12.7. The van der Waals surface area contributed by atoms with Crippen molar-refractivity contribution in [2.45, 2.75) is 40.0 Å². The summed E-state index contributed by atoms with van der Waals surface area (Å²) in [6.45, 7) is 13.1. The topological polar surface area (TPSA) is 64.7 Å². The zero-order valence-corrected chi connectivity index (χ0v) is 13.1.